The van der Waals surface area contributed by atoms with Gasteiger partial charge in [-0.1, -0.05) is 24.4 Å². The van der Waals surface area contributed by atoms with Crippen molar-refractivity contribution in [1.29, 1.82) is 0 Å². The van der Waals surface area contributed by atoms with E-state index in [0.717, 1.165) is 18.2 Å². The topological polar surface area (TPSA) is 63.2 Å². The van der Waals surface area contributed by atoms with Gasteiger partial charge in [0.25, 0.3) is 5.91 Å². The van der Waals surface area contributed by atoms with Crippen molar-refractivity contribution in [3.05, 3.63) is 47.1 Å². The molecule has 0 bridgehead atoms. The lowest BCUT2D eigenvalue weighted by molar-refractivity contribution is 0.102. The number of amides is 1. The zero-order valence-electron chi connectivity index (χ0n) is 14.9. The molecule has 1 aliphatic carbocycles. The molecule has 2 aromatic rings. The van der Waals surface area contributed by atoms with Gasteiger partial charge in [-0.05, 0) is 56.0 Å². The number of benzene rings is 1. The highest BCUT2D eigenvalue weighted by Gasteiger charge is 2.15. The Morgan fingerprint density at radius 3 is 2.54 bits per heavy atom. The van der Waals surface area contributed by atoms with E-state index in [2.05, 4.69) is 15.6 Å². The maximum absolute atomic E-state index is 12.4. The molecule has 26 heavy (non-hydrogen) atoms. The maximum Gasteiger partial charge on any atom is 0.275 e. The third-order valence-corrected chi connectivity index (χ3v) is 4.85. The second kappa shape index (κ2) is 8.90. The van der Waals surface area contributed by atoms with Crippen molar-refractivity contribution in [2.75, 3.05) is 23.8 Å². The van der Waals surface area contributed by atoms with E-state index in [0.29, 0.717) is 23.2 Å². The maximum atomic E-state index is 12.4. The number of pyridine rings is 1. The molecule has 0 atom stereocenters. The van der Waals surface area contributed by atoms with Crippen LogP contribution in [0.1, 0.15) is 43.1 Å². The molecule has 0 spiro atoms. The summed E-state index contributed by atoms with van der Waals surface area (Å²) in [5.41, 5.74) is 1.91. The van der Waals surface area contributed by atoms with Crippen LogP contribution >= 0.6 is 11.6 Å². The molecule has 1 saturated carbocycles. The summed E-state index contributed by atoms with van der Waals surface area (Å²) >= 11 is 6.10. The van der Waals surface area contributed by atoms with Gasteiger partial charge in [0.05, 0.1) is 11.6 Å². The first-order valence-corrected chi connectivity index (χ1v) is 9.48. The van der Waals surface area contributed by atoms with Crippen molar-refractivity contribution in [1.82, 2.24) is 4.98 Å². The zero-order valence-corrected chi connectivity index (χ0v) is 15.7. The summed E-state index contributed by atoms with van der Waals surface area (Å²) in [5, 5.41) is 6.58. The lowest BCUT2D eigenvalue weighted by atomic mass is 10.1. The molecule has 0 saturated heterocycles. The number of anilines is 2. The molecule has 1 amide bonds. The van der Waals surface area contributed by atoms with Crippen LogP contribution in [0.4, 0.5) is 11.4 Å². The molecule has 2 N–H and O–H groups in total. The van der Waals surface area contributed by atoms with E-state index in [1.807, 2.05) is 31.2 Å². The first-order chi connectivity index (χ1) is 12.7. The lowest BCUT2D eigenvalue weighted by Crippen LogP contribution is -2.15. The van der Waals surface area contributed by atoms with Gasteiger partial charge in [-0.2, -0.15) is 0 Å². The van der Waals surface area contributed by atoms with Crippen molar-refractivity contribution < 1.29 is 9.53 Å². The van der Waals surface area contributed by atoms with E-state index in [1.54, 1.807) is 12.1 Å². The Morgan fingerprint density at radius 2 is 1.85 bits per heavy atom. The normalized spacial score (nSPS) is 14.2. The van der Waals surface area contributed by atoms with Crippen LogP contribution < -0.4 is 15.4 Å². The quantitative estimate of drug-likeness (QED) is 0.717. The van der Waals surface area contributed by atoms with Gasteiger partial charge in [-0.25, -0.2) is 4.98 Å². The van der Waals surface area contributed by atoms with Gasteiger partial charge in [0.2, 0.25) is 5.88 Å². The molecule has 1 heterocycles. The summed E-state index contributed by atoms with van der Waals surface area (Å²) in [7, 11) is 0. The van der Waals surface area contributed by atoms with Gasteiger partial charge in [-0.3, -0.25) is 4.79 Å². The third kappa shape index (κ3) is 4.88. The molecular weight excluding hydrogens is 350 g/mol. The van der Waals surface area contributed by atoms with Crippen LogP contribution in [-0.2, 0) is 0 Å². The largest absolute Gasteiger partial charge is 0.478 e. The highest BCUT2D eigenvalue weighted by atomic mass is 35.5. The van der Waals surface area contributed by atoms with Crippen molar-refractivity contribution >= 4 is 28.9 Å². The molecule has 1 aliphatic rings. The SMILES string of the molecule is CCOc1ccc(Cl)c(C(=O)Nc2ccc(NCC3CCCC3)cc2)n1. The number of nitrogens with one attached hydrogen (secondary N) is 2. The highest BCUT2D eigenvalue weighted by Crippen LogP contribution is 2.25. The second-order valence-electron chi connectivity index (χ2n) is 6.48. The molecule has 138 valence electrons. The molecule has 3 rings (SSSR count). The molecule has 6 heteroatoms. The summed E-state index contributed by atoms with van der Waals surface area (Å²) in [6, 6.07) is 10.9. The van der Waals surface area contributed by atoms with E-state index in [-0.39, 0.29) is 11.6 Å². The zero-order chi connectivity index (χ0) is 18.4. The molecule has 0 radical (unpaired) electrons. The summed E-state index contributed by atoms with van der Waals surface area (Å²) in [6.45, 7) is 3.35. The van der Waals surface area contributed by atoms with Crippen LogP contribution in [0.2, 0.25) is 5.02 Å². The molecular formula is C20H24ClN3O2. The average Bonchev–Trinajstić information content (AvgIpc) is 3.16. The highest BCUT2D eigenvalue weighted by molar-refractivity contribution is 6.34. The smallest absolute Gasteiger partial charge is 0.275 e. The van der Waals surface area contributed by atoms with E-state index in [4.69, 9.17) is 16.3 Å². The number of nitrogens with zero attached hydrogens (tertiary/aromatic N) is 1. The van der Waals surface area contributed by atoms with Gasteiger partial charge in [0.1, 0.15) is 0 Å². The van der Waals surface area contributed by atoms with Crippen molar-refractivity contribution in [2.24, 2.45) is 5.92 Å². The predicted octanol–water partition coefficient (Wildman–Crippen LogP) is 4.99. The summed E-state index contributed by atoms with van der Waals surface area (Å²) in [5.74, 6) is 0.803. The number of rotatable bonds is 7. The number of carbonyl (C=O) groups excluding carboxylic acids is 1. The van der Waals surface area contributed by atoms with Crippen molar-refractivity contribution in [3.8, 4) is 5.88 Å². The van der Waals surface area contributed by atoms with Crippen LogP contribution in [0, 0.1) is 5.92 Å². The number of carbonyl (C=O) groups is 1. The molecule has 0 unspecified atom stereocenters. The Hall–Kier alpha value is -2.27. The Labute approximate surface area is 159 Å². The molecule has 1 aromatic carbocycles. The second-order valence-corrected chi connectivity index (χ2v) is 6.88. The average molecular weight is 374 g/mol. The van der Waals surface area contributed by atoms with Crippen LogP contribution in [0.3, 0.4) is 0 Å². The number of aromatic nitrogens is 1. The fourth-order valence-corrected chi connectivity index (χ4v) is 3.34. The number of ether oxygens (including phenoxy) is 1. The minimum atomic E-state index is -0.358. The van der Waals surface area contributed by atoms with Gasteiger partial charge < -0.3 is 15.4 Å². The minimum Gasteiger partial charge on any atom is -0.478 e. The minimum absolute atomic E-state index is 0.154. The van der Waals surface area contributed by atoms with Gasteiger partial charge in [-0.15, -0.1) is 0 Å². The Bertz CT molecular complexity index is 743. The van der Waals surface area contributed by atoms with E-state index < -0.39 is 0 Å². The Balaban J connectivity index is 1.59. The summed E-state index contributed by atoms with van der Waals surface area (Å²) in [4.78, 5) is 16.6. The number of halogens is 1. The lowest BCUT2D eigenvalue weighted by Gasteiger charge is -2.12. The van der Waals surface area contributed by atoms with Crippen LogP contribution in [-0.4, -0.2) is 24.0 Å². The molecule has 5 nitrogen and oxygen atoms in total. The number of hydrogen-bond acceptors (Lipinski definition) is 4. The van der Waals surface area contributed by atoms with E-state index in [9.17, 15) is 4.79 Å². The fourth-order valence-electron chi connectivity index (χ4n) is 3.15. The summed E-state index contributed by atoms with van der Waals surface area (Å²) < 4.78 is 5.33. The van der Waals surface area contributed by atoms with Gasteiger partial charge >= 0.3 is 0 Å². The first-order valence-electron chi connectivity index (χ1n) is 9.10. The fraction of sp³-hybridized carbons (Fsp3) is 0.400. The van der Waals surface area contributed by atoms with Crippen molar-refractivity contribution in [3.63, 3.8) is 0 Å². The monoisotopic (exact) mass is 373 g/mol. The Kier molecular flexibility index (Phi) is 6.34. The van der Waals surface area contributed by atoms with Gasteiger partial charge in [0.15, 0.2) is 5.69 Å². The van der Waals surface area contributed by atoms with Crippen LogP contribution in [0.25, 0.3) is 0 Å². The number of hydrogen-bond donors (Lipinski definition) is 2. The molecule has 1 aromatic heterocycles. The van der Waals surface area contributed by atoms with Crippen molar-refractivity contribution in [2.45, 2.75) is 32.6 Å². The van der Waals surface area contributed by atoms with Crippen LogP contribution in [0.5, 0.6) is 5.88 Å². The van der Waals surface area contributed by atoms with E-state index >= 15 is 0 Å². The third-order valence-electron chi connectivity index (χ3n) is 4.54. The molecule has 0 aliphatic heterocycles. The predicted molar refractivity (Wildman–Crippen MR) is 105 cm³/mol. The Morgan fingerprint density at radius 1 is 1.15 bits per heavy atom. The molecule has 1 fully saturated rings. The van der Waals surface area contributed by atoms with Crippen LogP contribution in [0.15, 0.2) is 36.4 Å². The van der Waals surface area contributed by atoms with Gasteiger partial charge in [0, 0.05) is 24.0 Å². The first kappa shape index (κ1) is 18.5. The van der Waals surface area contributed by atoms with E-state index in [1.165, 1.54) is 25.7 Å². The standard InChI is InChI=1S/C20H24ClN3O2/c1-2-26-18-12-11-17(21)19(24-18)20(25)23-16-9-7-15(8-10-16)22-13-14-5-3-4-6-14/h7-12,14,22H,2-6,13H2,1H3,(H,23,25). The summed E-state index contributed by atoms with van der Waals surface area (Å²) in [6.07, 6.45) is 5.32.